The highest BCUT2D eigenvalue weighted by atomic mass is 16.7. The predicted molar refractivity (Wildman–Crippen MR) is 92.9 cm³/mol. The number of pyridine rings is 1. The van der Waals surface area contributed by atoms with Crippen molar-refractivity contribution in [2.75, 3.05) is 18.5 Å². The van der Waals surface area contributed by atoms with Crippen LogP contribution in [0.4, 0.5) is 5.82 Å². The summed E-state index contributed by atoms with van der Waals surface area (Å²) < 4.78 is 12.2. The molecule has 5 heteroatoms. The molecular weight excluding hydrogens is 275 g/mol. The van der Waals surface area contributed by atoms with Gasteiger partial charge in [0.05, 0.1) is 11.2 Å². The lowest BCUT2D eigenvalue weighted by Crippen LogP contribution is -2.41. The maximum atomic E-state index is 6.12. The molecule has 0 bridgehead atoms. The third-order valence-electron chi connectivity index (χ3n) is 4.88. The Morgan fingerprint density at radius 1 is 1.18 bits per heavy atom. The topological polar surface area (TPSA) is 34.6 Å². The molecule has 2 rings (SSSR count). The van der Waals surface area contributed by atoms with Crippen LogP contribution in [-0.2, 0) is 9.31 Å². The van der Waals surface area contributed by atoms with Gasteiger partial charge in [0, 0.05) is 25.3 Å². The van der Waals surface area contributed by atoms with E-state index in [2.05, 4.69) is 64.5 Å². The number of anilines is 1. The number of nitrogens with zero attached hydrogens (tertiary/aromatic N) is 2. The van der Waals surface area contributed by atoms with Gasteiger partial charge in [-0.05, 0) is 52.7 Å². The van der Waals surface area contributed by atoms with Gasteiger partial charge in [0.25, 0.3) is 0 Å². The van der Waals surface area contributed by atoms with Gasteiger partial charge in [-0.3, -0.25) is 0 Å². The van der Waals surface area contributed by atoms with Gasteiger partial charge in [-0.1, -0.05) is 13.3 Å². The van der Waals surface area contributed by atoms with Crippen molar-refractivity contribution in [3.8, 4) is 0 Å². The van der Waals surface area contributed by atoms with Gasteiger partial charge in [-0.2, -0.15) is 0 Å². The smallest absolute Gasteiger partial charge is 0.399 e. The molecule has 1 saturated heterocycles. The fraction of sp³-hybridized carbons (Fsp3) is 0.706. The first-order valence-electron chi connectivity index (χ1n) is 8.21. The largest absolute Gasteiger partial charge is 0.496 e. The zero-order valence-electron chi connectivity index (χ0n) is 15.1. The molecule has 1 fully saturated rings. The van der Waals surface area contributed by atoms with Gasteiger partial charge in [-0.25, -0.2) is 4.98 Å². The van der Waals surface area contributed by atoms with Crippen molar-refractivity contribution in [1.29, 1.82) is 0 Å². The lowest BCUT2D eigenvalue weighted by Gasteiger charge is -2.32. The van der Waals surface area contributed by atoms with E-state index in [-0.39, 0.29) is 18.3 Å². The summed E-state index contributed by atoms with van der Waals surface area (Å²) >= 11 is 0. The van der Waals surface area contributed by atoms with Crippen molar-refractivity contribution in [2.45, 2.75) is 65.6 Å². The number of unbranched alkanes of at least 4 members (excludes halogenated alkanes) is 1. The molecule has 0 unspecified atom stereocenters. The molecule has 1 aliphatic rings. The Kier molecular flexibility index (Phi) is 4.88. The summed E-state index contributed by atoms with van der Waals surface area (Å²) in [7, 11) is 1.75. The Balaban J connectivity index is 2.18. The second kappa shape index (κ2) is 6.21. The highest BCUT2D eigenvalue weighted by Gasteiger charge is 2.52. The van der Waals surface area contributed by atoms with Crippen LogP contribution >= 0.6 is 0 Å². The highest BCUT2D eigenvalue weighted by Crippen LogP contribution is 2.36. The zero-order valence-corrected chi connectivity index (χ0v) is 15.1. The molecule has 0 saturated carbocycles. The van der Waals surface area contributed by atoms with Crippen LogP contribution < -0.4 is 10.4 Å². The average Bonchev–Trinajstić information content (AvgIpc) is 2.64. The Morgan fingerprint density at radius 3 is 2.27 bits per heavy atom. The minimum atomic E-state index is -0.340. The molecule has 1 aromatic rings. The summed E-state index contributed by atoms with van der Waals surface area (Å²) in [6.45, 7) is 13.6. The van der Waals surface area contributed by atoms with Crippen LogP contribution in [-0.4, -0.2) is 36.9 Å². The van der Waals surface area contributed by atoms with E-state index >= 15 is 0 Å². The Hall–Kier alpha value is -1.07. The molecule has 0 spiro atoms. The number of hydrogen-bond acceptors (Lipinski definition) is 4. The Bertz CT molecular complexity index is 515. The van der Waals surface area contributed by atoms with Gasteiger partial charge in [0.15, 0.2) is 0 Å². The van der Waals surface area contributed by atoms with Crippen molar-refractivity contribution >= 4 is 18.4 Å². The van der Waals surface area contributed by atoms with E-state index in [1.807, 2.05) is 6.20 Å². The van der Waals surface area contributed by atoms with Gasteiger partial charge in [0.1, 0.15) is 5.82 Å². The lowest BCUT2D eigenvalue weighted by atomic mass is 9.77. The summed E-state index contributed by atoms with van der Waals surface area (Å²) in [5.41, 5.74) is 1.54. The Morgan fingerprint density at radius 2 is 1.77 bits per heavy atom. The molecule has 0 radical (unpaired) electrons. The van der Waals surface area contributed by atoms with Crippen LogP contribution in [0.5, 0.6) is 0 Å². The quantitative estimate of drug-likeness (QED) is 0.783. The number of rotatable bonds is 5. The van der Waals surface area contributed by atoms with E-state index in [9.17, 15) is 0 Å². The molecule has 2 heterocycles. The maximum Gasteiger partial charge on any atom is 0.496 e. The monoisotopic (exact) mass is 304 g/mol. The van der Waals surface area contributed by atoms with Crippen LogP contribution in [0.25, 0.3) is 0 Å². The van der Waals surface area contributed by atoms with Gasteiger partial charge in [-0.15, -0.1) is 0 Å². The fourth-order valence-electron chi connectivity index (χ4n) is 2.49. The maximum absolute atomic E-state index is 6.12. The first-order valence-corrected chi connectivity index (χ1v) is 8.21. The molecule has 0 aliphatic carbocycles. The standard InChI is InChI=1S/C17H29BN2O2/c1-8-9-10-20(7)15-11-13(2)14(12-19-15)18-21-16(3,4)17(5,6)22-18/h11-12H,8-10H2,1-7H3. The summed E-state index contributed by atoms with van der Waals surface area (Å²) in [5.74, 6) is 1.01. The van der Waals surface area contributed by atoms with Crippen molar-refractivity contribution < 1.29 is 9.31 Å². The fourth-order valence-corrected chi connectivity index (χ4v) is 2.49. The van der Waals surface area contributed by atoms with Gasteiger partial charge >= 0.3 is 7.12 Å². The number of aromatic nitrogens is 1. The van der Waals surface area contributed by atoms with E-state index < -0.39 is 0 Å². The normalized spacial score (nSPS) is 19.5. The lowest BCUT2D eigenvalue weighted by molar-refractivity contribution is 0.00578. The SMILES string of the molecule is CCCCN(C)c1cc(C)c(B2OC(C)(C)C(C)(C)O2)cn1. The molecule has 4 nitrogen and oxygen atoms in total. The predicted octanol–water partition coefficient (Wildman–Crippen LogP) is 2.93. The van der Waals surface area contributed by atoms with Crippen LogP contribution in [0, 0.1) is 6.92 Å². The third-order valence-corrected chi connectivity index (χ3v) is 4.88. The Labute approximate surface area is 135 Å². The average molecular weight is 304 g/mol. The molecular formula is C17H29BN2O2. The second-order valence-corrected chi connectivity index (χ2v) is 7.26. The van der Waals surface area contributed by atoms with Crippen LogP contribution in [0.3, 0.4) is 0 Å². The van der Waals surface area contributed by atoms with Crippen LogP contribution in [0.15, 0.2) is 12.3 Å². The molecule has 0 aromatic carbocycles. The van der Waals surface area contributed by atoms with E-state index in [4.69, 9.17) is 9.31 Å². The first-order chi connectivity index (χ1) is 10.2. The van der Waals surface area contributed by atoms with Crippen molar-refractivity contribution in [1.82, 2.24) is 4.98 Å². The van der Waals surface area contributed by atoms with E-state index in [1.54, 1.807) is 0 Å². The van der Waals surface area contributed by atoms with E-state index in [0.29, 0.717) is 0 Å². The van der Waals surface area contributed by atoms with Crippen molar-refractivity contribution in [2.24, 2.45) is 0 Å². The summed E-state index contributed by atoms with van der Waals surface area (Å²) in [6, 6.07) is 2.12. The molecule has 0 amide bonds. The van der Waals surface area contributed by atoms with Crippen LogP contribution in [0.1, 0.15) is 53.0 Å². The third kappa shape index (κ3) is 3.30. The molecule has 122 valence electrons. The van der Waals surface area contributed by atoms with E-state index in [0.717, 1.165) is 23.4 Å². The molecule has 0 atom stereocenters. The number of aryl methyl sites for hydroxylation is 1. The minimum absolute atomic E-state index is 0.319. The summed E-state index contributed by atoms with van der Waals surface area (Å²) in [6.07, 6.45) is 4.26. The summed E-state index contributed by atoms with van der Waals surface area (Å²) in [4.78, 5) is 6.80. The number of hydrogen-bond donors (Lipinski definition) is 0. The summed E-state index contributed by atoms with van der Waals surface area (Å²) in [5, 5.41) is 0. The minimum Gasteiger partial charge on any atom is -0.399 e. The molecule has 22 heavy (non-hydrogen) atoms. The zero-order chi connectivity index (χ0) is 16.5. The van der Waals surface area contributed by atoms with Crippen molar-refractivity contribution in [3.63, 3.8) is 0 Å². The second-order valence-electron chi connectivity index (χ2n) is 7.26. The highest BCUT2D eigenvalue weighted by molar-refractivity contribution is 6.62. The van der Waals surface area contributed by atoms with Crippen molar-refractivity contribution in [3.05, 3.63) is 17.8 Å². The van der Waals surface area contributed by atoms with Gasteiger partial charge in [0.2, 0.25) is 0 Å². The van der Waals surface area contributed by atoms with E-state index in [1.165, 1.54) is 12.8 Å². The molecule has 0 N–H and O–H groups in total. The molecule has 1 aromatic heterocycles. The van der Waals surface area contributed by atoms with Crippen LogP contribution in [0.2, 0.25) is 0 Å². The first kappa shape index (κ1) is 17.3. The van der Waals surface area contributed by atoms with Gasteiger partial charge < -0.3 is 14.2 Å². The molecule has 1 aliphatic heterocycles.